The molecule has 0 spiro atoms. The summed E-state index contributed by atoms with van der Waals surface area (Å²) in [6.07, 6.45) is 0. The summed E-state index contributed by atoms with van der Waals surface area (Å²) in [6.45, 7) is 0. The monoisotopic (exact) mass is 328 g/mol. The van der Waals surface area contributed by atoms with E-state index in [1.54, 1.807) is 43.5 Å². The summed E-state index contributed by atoms with van der Waals surface area (Å²) in [6, 6.07) is 15.7. The maximum atomic E-state index is 11.5. The zero-order valence-corrected chi connectivity index (χ0v) is 13.0. The number of halogens is 1. The van der Waals surface area contributed by atoms with Gasteiger partial charge in [-0.1, -0.05) is 17.7 Å². The lowest BCUT2D eigenvalue weighted by Gasteiger charge is -2.04. The van der Waals surface area contributed by atoms with Crippen LogP contribution in [0.4, 0.5) is 0 Å². The number of carboxylic acid groups (broad SMARTS) is 1. The minimum atomic E-state index is -1.06. The number of carboxylic acids is 1. The fourth-order valence-electron chi connectivity index (χ4n) is 2.24. The molecule has 3 rings (SSSR count). The van der Waals surface area contributed by atoms with Gasteiger partial charge in [0.25, 0.3) is 0 Å². The highest BCUT2D eigenvalue weighted by Gasteiger charge is 2.17. The Labute approximate surface area is 137 Å². The average Bonchev–Trinajstić information content (AvgIpc) is 3.00. The highest BCUT2D eigenvalue weighted by Crippen LogP contribution is 2.24. The molecule has 0 aliphatic heterocycles. The quantitative estimate of drug-likeness (QED) is 0.789. The number of methoxy groups -OCH3 is 1. The van der Waals surface area contributed by atoms with Crippen LogP contribution < -0.4 is 4.74 Å². The molecule has 0 aliphatic rings. The standard InChI is InChI=1S/C17H13ClN2O3/c1-23-14-7-5-11(6-8-14)15-10-16(17(21)22)20(19-15)13-4-2-3-12(18)9-13/h2-10H,1H3,(H,21,22). The molecule has 0 radical (unpaired) electrons. The number of aromatic carboxylic acids is 1. The summed E-state index contributed by atoms with van der Waals surface area (Å²) in [7, 11) is 1.59. The summed E-state index contributed by atoms with van der Waals surface area (Å²) in [4.78, 5) is 11.5. The van der Waals surface area contributed by atoms with Crippen LogP contribution >= 0.6 is 11.6 Å². The van der Waals surface area contributed by atoms with Gasteiger partial charge in [0.05, 0.1) is 18.5 Å². The van der Waals surface area contributed by atoms with Crippen molar-refractivity contribution in [2.45, 2.75) is 0 Å². The van der Waals surface area contributed by atoms with E-state index in [-0.39, 0.29) is 5.69 Å². The molecule has 6 heteroatoms. The molecule has 1 N–H and O–H groups in total. The molecule has 0 saturated heterocycles. The number of nitrogens with zero attached hydrogens (tertiary/aromatic N) is 2. The van der Waals surface area contributed by atoms with E-state index in [2.05, 4.69) is 5.10 Å². The molecule has 0 aliphatic carbocycles. The maximum Gasteiger partial charge on any atom is 0.354 e. The highest BCUT2D eigenvalue weighted by molar-refractivity contribution is 6.30. The summed E-state index contributed by atoms with van der Waals surface area (Å²) < 4.78 is 6.49. The molecule has 5 nitrogen and oxygen atoms in total. The van der Waals surface area contributed by atoms with Crippen LogP contribution in [-0.2, 0) is 0 Å². The van der Waals surface area contributed by atoms with Gasteiger partial charge in [0.2, 0.25) is 0 Å². The fourth-order valence-corrected chi connectivity index (χ4v) is 2.43. The Morgan fingerprint density at radius 3 is 2.52 bits per heavy atom. The van der Waals surface area contributed by atoms with Gasteiger partial charge >= 0.3 is 5.97 Å². The molecule has 1 aromatic heterocycles. The Morgan fingerprint density at radius 2 is 1.91 bits per heavy atom. The van der Waals surface area contributed by atoms with E-state index < -0.39 is 5.97 Å². The van der Waals surface area contributed by atoms with E-state index in [1.165, 1.54) is 10.7 Å². The third-order valence-corrected chi connectivity index (χ3v) is 3.60. The number of rotatable bonds is 4. The van der Waals surface area contributed by atoms with Gasteiger partial charge in [0, 0.05) is 10.6 Å². The van der Waals surface area contributed by atoms with Crippen molar-refractivity contribution in [3.8, 4) is 22.7 Å². The van der Waals surface area contributed by atoms with E-state index >= 15 is 0 Å². The van der Waals surface area contributed by atoms with E-state index in [9.17, 15) is 9.90 Å². The highest BCUT2D eigenvalue weighted by atomic mass is 35.5. The van der Waals surface area contributed by atoms with Gasteiger partial charge < -0.3 is 9.84 Å². The first kappa shape index (κ1) is 15.1. The first-order valence-corrected chi connectivity index (χ1v) is 7.20. The van der Waals surface area contributed by atoms with E-state index in [0.29, 0.717) is 16.4 Å². The van der Waals surface area contributed by atoms with Gasteiger partial charge in [0.1, 0.15) is 5.75 Å². The summed E-state index contributed by atoms with van der Waals surface area (Å²) in [5, 5.41) is 14.3. The second kappa shape index (κ2) is 6.14. The Morgan fingerprint density at radius 1 is 1.17 bits per heavy atom. The van der Waals surface area contributed by atoms with Crippen molar-refractivity contribution in [2.24, 2.45) is 0 Å². The van der Waals surface area contributed by atoms with Crippen LogP contribution in [0, 0.1) is 0 Å². The van der Waals surface area contributed by atoms with Crippen molar-refractivity contribution in [2.75, 3.05) is 7.11 Å². The predicted octanol–water partition coefficient (Wildman–Crippen LogP) is 3.90. The van der Waals surface area contributed by atoms with Crippen LogP contribution in [0.3, 0.4) is 0 Å². The molecule has 0 saturated carbocycles. The lowest BCUT2D eigenvalue weighted by Crippen LogP contribution is -2.07. The molecule has 0 unspecified atom stereocenters. The molecular formula is C17H13ClN2O3. The zero-order valence-electron chi connectivity index (χ0n) is 12.2. The second-order valence-corrected chi connectivity index (χ2v) is 5.28. The Kier molecular flexibility index (Phi) is 4.04. The van der Waals surface area contributed by atoms with Crippen LogP contribution in [0.1, 0.15) is 10.5 Å². The van der Waals surface area contributed by atoms with Crippen LogP contribution in [0.2, 0.25) is 5.02 Å². The van der Waals surface area contributed by atoms with E-state index in [0.717, 1.165) is 11.3 Å². The van der Waals surface area contributed by atoms with E-state index in [1.807, 2.05) is 12.1 Å². The Bertz CT molecular complexity index is 857. The van der Waals surface area contributed by atoms with E-state index in [4.69, 9.17) is 16.3 Å². The third-order valence-electron chi connectivity index (χ3n) is 3.37. The van der Waals surface area contributed by atoms with Gasteiger partial charge in [-0.2, -0.15) is 5.10 Å². The third kappa shape index (κ3) is 3.05. The predicted molar refractivity (Wildman–Crippen MR) is 87.5 cm³/mol. The van der Waals surface area contributed by atoms with Crippen molar-refractivity contribution in [1.29, 1.82) is 0 Å². The van der Waals surface area contributed by atoms with Gasteiger partial charge in [-0.25, -0.2) is 9.48 Å². The summed E-state index contributed by atoms with van der Waals surface area (Å²) in [5.74, 6) is -0.335. The molecule has 1 heterocycles. The first-order valence-electron chi connectivity index (χ1n) is 6.82. The van der Waals surface area contributed by atoms with Gasteiger partial charge in [-0.15, -0.1) is 0 Å². The first-order chi connectivity index (χ1) is 11.1. The SMILES string of the molecule is COc1ccc(-c2cc(C(=O)O)n(-c3cccc(Cl)c3)n2)cc1. The van der Waals surface area contributed by atoms with Crippen molar-refractivity contribution in [3.05, 3.63) is 65.3 Å². The minimum absolute atomic E-state index is 0.0677. The number of hydrogen-bond donors (Lipinski definition) is 1. The molecule has 0 fully saturated rings. The number of carbonyl (C=O) groups is 1. The van der Waals surface area contributed by atoms with Crippen LogP contribution in [-0.4, -0.2) is 28.0 Å². The van der Waals surface area contributed by atoms with Crippen molar-refractivity contribution >= 4 is 17.6 Å². The molecule has 23 heavy (non-hydrogen) atoms. The number of benzene rings is 2. The molecule has 2 aromatic carbocycles. The lowest BCUT2D eigenvalue weighted by atomic mass is 10.1. The lowest BCUT2D eigenvalue weighted by molar-refractivity contribution is 0.0687. The Hall–Kier alpha value is -2.79. The number of hydrogen-bond acceptors (Lipinski definition) is 3. The largest absolute Gasteiger partial charge is 0.497 e. The second-order valence-electron chi connectivity index (χ2n) is 4.84. The molecule has 0 atom stereocenters. The average molecular weight is 329 g/mol. The van der Waals surface area contributed by atoms with Crippen molar-refractivity contribution in [3.63, 3.8) is 0 Å². The van der Waals surface area contributed by atoms with Crippen LogP contribution in [0.15, 0.2) is 54.6 Å². The maximum absolute atomic E-state index is 11.5. The van der Waals surface area contributed by atoms with Gasteiger partial charge in [0.15, 0.2) is 5.69 Å². The summed E-state index contributed by atoms with van der Waals surface area (Å²) in [5.41, 5.74) is 2.02. The molecular weight excluding hydrogens is 316 g/mol. The Balaban J connectivity index is 2.10. The van der Waals surface area contributed by atoms with Crippen LogP contribution in [0.5, 0.6) is 5.75 Å². The fraction of sp³-hybridized carbons (Fsp3) is 0.0588. The van der Waals surface area contributed by atoms with Crippen molar-refractivity contribution < 1.29 is 14.6 Å². The smallest absolute Gasteiger partial charge is 0.354 e. The molecule has 0 amide bonds. The van der Waals surface area contributed by atoms with Gasteiger partial charge in [-0.05, 0) is 48.5 Å². The van der Waals surface area contributed by atoms with Crippen LogP contribution in [0.25, 0.3) is 16.9 Å². The number of aromatic nitrogens is 2. The molecule has 116 valence electrons. The minimum Gasteiger partial charge on any atom is -0.497 e. The normalized spacial score (nSPS) is 10.5. The molecule has 0 bridgehead atoms. The summed E-state index contributed by atoms with van der Waals surface area (Å²) >= 11 is 5.98. The topological polar surface area (TPSA) is 64.3 Å². The molecule has 3 aromatic rings. The number of ether oxygens (including phenoxy) is 1. The van der Waals surface area contributed by atoms with Crippen molar-refractivity contribution in [1.82, 2.24) is 9.78 Å². The zero-order chi connectivity index (χ0) is 16.4. The van der Waals surface area contributed by atoms with Gasteiger partial charge in [-0.3, -0.25) is 0 Å².